The van der Waals surface area contributed by atoms with Crippen LogP contribution in [0.4, 0.5) is 10.1 Å². The van der Waals surface area contributed by atoms with Gasteiger partial charge in [0.15, 0.2) is 0 Å². The quantitative estimate of drug-likeness (QED) is 0.797. The molecule has 0 N–H and O–H groups in total. The van der Waals surface area contributed by atoms with Gasteiger partial charge in [0, 0.05) is 56.4 Å². The number of carbonyl (C=O) groups is 1. The fourth-order valence-corrected chi connectivity index (χ4v) is 5.73. The maximum absolute atomic E-state index is 13.5. The van der Waals surface area contributed by atoms with E-state index in [9.17, 15) is 9.18 Å². The summed E-state index contributed by atoms with van der Waals surface area (Å²) in [7, 11) is 0. The molecule has 0 spiro atoms. The van der Waals surface area contributed by atoms with Crippen LogP contribution in [0.1, 0.15) is 50.5 Å². The van der Waals surface area contributed by atoms with Crippen LogP contribution in [0.2, 0.25) is 0 Å². The summed E-state index contributed by atoms with van der Waals surface area (Å²) >= 11 is 0. The summed E-state index contributed by atoms with van der Waals surface area (Å²) in [6, 6.07) is 6.51. The Bertz CT molecular complexity index is 719. The number of hydrogen-bond donors (Lipinski definition) is 0. The van der Waals surface area contributed by atoms with Crippen molar-refractivity contribution in [2.75, 3.05) is 37.6 Å². The van der Waals surface area contributed by atoms with Crippen LogP contribution in [0.15, 0.2) is 18.2 Å². The minimum Gasteiger partial charge on any atom is -0.368 e. The van der Waals surface area contributed by atoms with E-state index in [0.717, 1.165) is 76.4 Å². The fraction of sp³-hybridized carbons (Fsp3) is 0.696. The summed E-state index contributed by atoms with van der Waals surface area (Å²) in [5.74, 6) is 0.477. The van der Waals surface area contributed by atoms with E-state index in [0.29, 0.717) is 11.9 Å². The van der Waals surface area contributed by atoms with Gasteiger partial charge >= 0.3 is 0 Å². The molecule has 1 aromatic carbocycles. The number of nitrogens with zero attached hydrogens (tertiary/aromatic N) is 3. The summed E-state index contributed by atoms with van der Waals surface area (Å²) in [5, 5.41) is 0. The predicted octanol–water partition coefficient (Wildman–Crippen LogP) is 3.44. The molecule has 0 unspecified atom stereocenters. The van der Waals surface area contributed by atoms with Gasteiger partial charge in [-0.2, -0.15) is 0 Å². The van der Waals surface area contributed by atoms with Gasteiger partial charge < -0.3 is 9.80 Å². The molecular formula is C23H32FN3O. The number of rotatable bonds is 3. The zero-order chi connectivity index (χ0) is 19.1. The van der Waals surface area contributed by atoms with Crippen molar-refractivity contribution < 1.29 is 9.18 Å². The molecule has 2 saturated carbocycles. The van der Waals surface area contributed by atoms with Crippen LogP contribution in [0.25, 0.3) is 0 Å². The topological polar surface area (TPSA) is 26.8 Å². The molecule has 0 radical (unpaired) electrons. The Hall–Kier alpha value is -1.62. The van der Waals surface area contributed by atoms with Gasteiger partial charge in [-0.05, 0) is 68.7 Å². The number of anilines is 1. The van der Waals surface area contributed by atoms with Crippen LogP contribution >= 0.6 is 0 Å². The minimum absolute atomic E-state index is 0.132. The number of benzene rings is 1. The molecule has 1 saturated heterocycles. The molecule has 1 aromatic rings. The van der Waals surface area contributed by atoms with Gasteiger partial charge in [0.05, 0.1) is 0 Å². The van der Waals surface area contributed by atoms with Crippen molar-refractivity contribution in [1.82, 2.24) is 9.80 Å². The van der Waals surface area contributed by atoms with E-state index in [1.54, 1.807) is 12.1 Å². The van der Waals surface area contributed by atoms with E-state index >= 15 is 0 Å². The first-order valence-electron chi connectivity index (χ1n) is 11.3. The SMILES string of the molecule is O=C([C@H]1CC[C@H](N2CCc3cc(F)ccc32)CC1)N1CCN(C2CCC2)CC1. The van der Waals surface area contributed by atoms with E-state index in [-0.39, 0.29) is 11.7 Å². The Morgan fingerprint density at radius 3 is 2.32 bits per heavy atom. The third kappa shape index (κ3) is 3.42. The molecule has 28 heavy (non-hydrogen) atoms. The molecule has 4 nitrogen and oxygen atoms in total. The smallest absolute Gasteiger partial charge is 0.225 e. The van der Waals surface area contributed by atoms with Crippen molar-refractivity contribution >= 4 is 11.6 Å². The summed E-state index contributed by atoms with van der Waals surface area (Å²) in [5.41, 5.74) is 2.35. The van der Waals surface area contributed by atoms with Crippen molar-refractivity contribution in [1.29, 1.82) is 0 Å². The van der Waals surface area contributed by atoms with Crippen LogP contribution in [0.3, 0.4) is 0 Å². The molecule has 3 fully saturated rings. The second-order valence-electron chi connectivity index (χ2n) is 9.17. The Morgan fingerprint density at radius 1 is 0.893 bits per heavy atom. The molecule has 2 aliphatic heterocycles. The average molecular weight is 386 g/mol. The van der Waals surface area contributed by atoms with Gasteiger partial charge in [0.1, 0.15) is 5.82 Å². The standard InChI is InChI=1S/C23H32FN3O/c24-19-6-9-22-18(16-19)10-11-27(22)21-7-4-17(5-8-21)23(28)26-14-12-25(13-15-26)20-2-1-3-20/h6,9,16-17,20-21H,1-5,7-8,10-15H2/t17-,21-. The van der Waals surface area contributed by atoms with Crippen LogP contribution < -0.4 is 4.90 Å². The Labute approximate surface area is 167 Å². The second kappa shape index (κ2) is 7.66. The van der Waals surface area contributed by atoms with Crippen molar-refractivity contribution in [2.24, 2.45) is 5.92 Å². The first kappa shape index (κ1) is 18.4. The van der Waals surface area contributed by atoms with Gasteiger partial charge in [0.25, 0.3) is 0 Å². The van der Waals surface area contributed by atoms with Crippen molar-refractivity contribution in [2.45, 2.75) is 63.5 Å². The first-order chi connectivity index (χ1) is 13.7. The van der Waals surface area contributed by atoms with Crippen LogP contribution in [0.5, 0.6) is 0 Å². The molecule has 0 bridgehead atoms. The van der Waals surface area contributed by atoms with E-state index < -0.39 is 0 Å². The lowest BCUT2D eigenvalue weighted by molar-refractivity contribution is -0.139. The number of fused-ring (bicyclic) bond motifs is 1. The number of halogens is 1. The minimum atomic E-state index is -0.132. The number of carbonyl (C=O) groups excluding carboxylic acids is 1. The van der Waals surface area contributed by atoms with Gasteiger partial charge in [-0.3, -0.25) is 9.69 Å². The molecule has 2 aliphatic carbocycles. The van der Waals surface area contributed by atoms with E-state index in [1.807, 2.05) is 6.07 Å². The van der Waals surface area contributed by atoms with Gasteiger partial charge in [0.2, 0.25) is 5.91 Å². The Morgan fingerprint density at radius 2 is 1.64 bits per heavy atom. The van der Waals surface area contributed by atoms with E-state index in [2.05, 4.69) is 14.7 Å². The molecule has 152 valence electrons. The van der Waals surface area contributed by atoms with Gasteiger partial charge in [-0.25, -0.2) is 4.39 Å². The monoisotopic (exact) mass is 385 g/mol. The summed E-state index contributed by atoms with van der Waals surface area (Å²) < 4.78 is 13.5. The molecule has 2 heterocycles. The highest BCUT2D eigenvalue weighted by atomic mass is 19.1. The first-order valence-corrected chi connectivity index (χ1v) is 11.3. The molecule has 5 heteroatoms. The summed E-state index contributed by atoms with van der Waals surface area (Å²) in [4.78, 5) is 20.2. The maximum Gasteiger partial charge on any atom is 0.225 e. The normalized spacial score (nSPS) is 28.9. The Balaban J connectivity index is 1.13. The lowest BCUT2D eigenvalue weighted by Gasteiger charge is -2.44. The molecular weight excluding hydrogens is 353 g/mol. The fourth-order valence-electron chi connectivity index (χ4n) is 5.73. The number of hydrogen-bond acceptors (Lipinski definition) is 3. The van der Waals surface area contributed by atoms with E-state index in [1.165, 1.54) is 24.9 Å². The highest BCUT2D eigenvalue weighted by Gasteiger charge is 2.35. The Kier molecular flexibility index (Phi) is 5.04. The number of piperazine rings is 1. The van der Waals surface area contributed by atoms with Crippen LogP contribution in [-0.4, -0.2) is 60.5 Å². The summed E-state index contributed by atoms with van der Waals surface area (Å²) in [6.07, 6.45) is 9.18. The molecule has 4 aliphatic rings. The average Bonchev–Trinajstić information content (AvgIpc) is 3.10. The molecule has 0 aromatic heterocycles. The van der Waals surface area contributed by atoms with Crippen LogP contribution in [-0.2, 0) is 11.2 Å². The van der Waals surface area contributed by atoms with Crippen molar-refractivity contribution in [3.63, 3.8) is 0 Å². The highest BCUT2D eigenvalue weighted by Crippen LogP contribution is 2.37. The highest BCUT2D eigenvalue weighted by molar-refractivity contribution is 5.79. The van der Waals surface area contributed by atoms with Crippen LogP contribution in [0, 0.1) is 11.7 Å². The van der Waals surface area contributed by atoms with Gasteiger partial charge in [-0.1, -0.05) is 6.42 Å². The van der Waals surface area contributed by atoms with Crippen molar-refractivity contribution in [3.8, 4) is 0 Å². The molecule has 1 amide bonds. The lowest BCUT2D eigenvalue weighted by Crippen LogP contribution is -2.54. The largest absolute Gasteiger partial charge is 0.368 e. The van der Waals surface area contributed by atoms with E-state index in [4.69, 9.17) is 0 Å². The third-order valence-electron chi connectivity index (χ3n) is 7.68. The van der Waals surface area contributed by atoms with Gasteiger partial charge in [-0.15, -0.1) is 0 Å². The third-order valence-corrected chi connectivity index (χ3v) is 7.68. The zero-order valence-corrected chi connectivity index (χ0v) is 16.8. The lowest BCUT2D eigenvalue weighted by atomic mass is 9.84. The molecule has 0 atom stereocenters. The molecule has 5 rings (SSSR count). The number of amides is 1. The zero-order valence-electron chi connectivity index (χ0n) is 16.8. The summed E-state index contributed by atoms with van der Waals surface area (Å²) in [6.45, 7) is 4.95. The maximum atomic E-state index is 13.5. The van der Waals surface area contributed by atoms with Crippen molar-refractivity contribution in [3.05, 3.63) is 29.6 Å². The second-order valence-corrected chi connectivity index (χ2v) is 9.17. The predicted molar refractivity (Wildman–Crippen MR) is 109 cm³/mol.